The van der Waals surface area contributed by atoms with Crippen molar-refractivity contribution in [3.63, 3.8) is 0 Å². The van der Waals surface area contributed by atoms with Crippen molar-refractivity contribution in [1.82, 2.24) is 10.2 Å². The fraction of sp³-hybridized carbons (Fsp3) is 0.435. The van der Waals surface area contributed by atoms with Gasteiger partial charge in [0.25, 0.3) is 5.69 Å². The van der Waals surface area contributed by atoms with Gasteiger partial charge in [0.15, 0.2) is 0 Å². The average molecular weight is 411 g/mol. The van der Waals surface area contributed by atoms with E-state index in [0.717, 1.165) is 38.3 Å². The summed E-state index contributed by atoms with van der Waals surface area (Å²) >= 11 is 0. The molecule has 1 aliphatic rings. The smallest absolute Gasteiger partial charge is 0.269 e. The molecule has 2 aromatic carbocycles. The molecule has 0 radical (unpaired) electrons. The van der Waals surface area contributed by atoms with Gasteiger partial charge in [0, 0.05) is 56.5 Å². The maximum absolute atomic E-state index is 12.7. The van der Waals surface area contributed by atoms with E-state index in [1.165, 1.54) is 17.7 Å². The number of carbonyl (C=O) groups is 1. The molecule has 3 rings (SSSR count). The van der Waals surface area contributed by atoms with Crippen LogP contribution >= 0.6 is 0 Å². The Hall–Kier alpha value is -2.93. The first-order valence-electron chi connectivity index (χ1n) is 10.6. The molecule has 2 atom stereocenters. The van der Waals surface area contributed by atoms with Gasteiger partial charge < -0.3 is 10.2 Å². The summed E-state index contributed by atoms with van der Waals surface area (Å²) in [5.74, 6) is 0.384. The van der Waals surface area contributed by atoms with Crippen LogP contribution in [0, 0.1) is 10.1 Å². The van der Waals surface area contributed by atoms with E-state index in [4.69, 9.17) is 0 Å². The summed E-state index contributed by atoms with van der Waals surface area (Å²) < 4.78 is 0. The summed E-state index contributed by atoms with van der Waals surface area (Å²) in [5.41, 5.74) is 2.33. The second-order valence-corrected chi connectivity index (χ2v) is 7.73. The van der Waals surface area contributed by atoms with Gasteiger partial charge in [0.2, 0.25) is 5.91 Å². The van der Waals surface area contributed by atoms with Crippen LogP contribution < -0.4 is 10.2 Å². The molecule has 7 heteroatoms. The fourth-order valence-electron chi connectivity index (χ4n) is 3.91. The molecule has 2 aromatic rings. The molecular formula is C23H30N4O3. The minimum absolute atomic E-state index is 0.0631. The standard InChI is InChI=1S/C23H30N4O3/c1-3-19(20-7-5-4-6-8-20)17-24-23(28)18(2)25-13-15-26(16-14-25)21-9-11-22(12-10-21)27(29)30/h4-12,18-19H,3,13-17H2,1-2H3,(H,24,28)/t18-,19-/m0/s1. The fourth-order valence-corrected chi connectivity index (χ4v) is 3.91. The van der Waals surface area contributed by atoms with Crippen LogP contribution in [0.2, 0.25) is 0 Å². The van der Waals surface area contributed by atoms with Gasteiger partial charge in [0.05, 0.1) is 11.0 Å². The van der Waals surface area contributed by atoms with E-state index in [2.05, 4.69) is 34.2 Å². The molecule has 0 unspecified atom stereocenters. The van der Waals surface area contributed by atoms with Crippen molar-refractivity contribution in [3.8, 4) is 0 Å². The number of hydrogen-bond acceptors (Lipinski definition) is 5. The largest absolute Gasteiger partial charge is 0.369 e. The van der Waals surface area contributed by atoms with Crippen LogP contribution in [0.25, 0.3) is 0 Å². The van der Waals surface area contributed by atoms with Crippen molar-refractivity contribution in [3.05, 3.63) is 70.3 Å². The zero-order valence-electron chi connectivity index (χ0n) is 17.7. The van der Waals surface area contributed by atoms with Crippen LogP contribution in [0.15, 0.2) is 54.6 Å². The molecule has 7 nitrogen and oxygen atoms in total. The third kappa shape index (κ3) is 5.36. The molecule has 1 N–H and O–H groups in total. The summed E-state index contributed by atoms with van der Waals surface area (Å²) in [6.45, 7) is 7.88. The number of nitro groups is 1. The third-order valence-corrected chi connectivity index (χ3v) is 5.95. The number of non-ortho nitro benzene ring substituents is 1. The number of piperazine rings is 1. The highest BCUT2D eigenvalue weighted by Crippen LogP contribution is 2.21. The Labute approximate surface area is 177 Å². The van der Waals surface area contributed by atoms with E-state index < -0.39 is 0 Å². The number of rotatable bonds is 8. The lowest BCUT2D eigenvalue weighted by Gasteiger charge is -2.38. The third-order valence-electron chi connectivity index (χ3n) is 5.95. The molecule has 0 aliphatic carbocycles. The highest BCUT2D eigenvalue weighted by molar-refractivity contribution is 5.81. The van der Waals surface area contributed by atoms with Crippen molar-refractivity contribution < 1.29 is 9.72 Å². The van der Waals surface area contributed by atoms with Crippen molar-refractivity contribution in [2.24, 2.45) is 0 Å². The lowest BCUT2D eigenvalue weighted by Crippen LogP contribution is -2.54. The lowest BCUT2D eigenvalue weighted by atomic mass is 9.96. The quantitative estimate of drug-likeness (QED) is 0.533. The predicted octanol–water partition coefficient (Wildman–Crippen LogP) is 3.42. The van der Waals surface area contributed by atoms with Crippen LogP contribution in [0.5, 0.6) is 0 Å². The molecule has 1 heterocycles. The molecule has 30 heavy (non-hydrogen) atoms. The van der Waals surface area contributed by atoms with E-state index >= 15 is 0 Å². The van der Waals surface area contributed by atoms with Crippen LogP contribution in [-0.2, 0) is 4.79 Å². The van der Waals surface area contributed by atoms with Gasteiger partial charge >= 0.3 is 0 Å². The summed E-state index contributed by atoms with van der Waals surface area (Å²) in [4.78, 5) is 27.5. The first-order valence-corrected chi connectivity index (χ1v) is 10.6. The summed E-state index contributed by atoms with van der Waals surface area (Å²) in [6.07, 6.45) is 0.979. The van der Waals surface area contributed by atoms with Gasteiger partial charge in [-0.2, -0.15) is 0 Å². The van der Waals surface area contributed by atoms with Gasteiger partial charge in [-0.3, -0.25) is 19.8 Å². The number of hydrogen-bond donors (Lipinski definition) is 1. The van der Waals surface area contributed by atoms with Gasteiger partial charge in [-0.25, -0.2) is 0 Å². The van der Waals surface area contributed by atoms with E-state index in [1.54, 1.807) is 12.1 Å². The molecular weight excluding hydrogens is 380 g/mol. The van der Waals surface area contributed by atoms with E-state index in [9.17, 15) is 14.9 Å². The Morgan fingerprint density at radius 1 is 1.07 bits per heavy atom. The second-order valence-electron chi connectivity index (χ2n) is 7.73. The monoisotopic (exact) mass is 410 g/mol. The molecule has 1 aliphatic heterocycles. The highest BCUT2D eigenvalue weighted by atomic mass is 16.6. The maximum Gasteiger partial charge on any atom is 0.269 e. The van der Waals surface area contributed by atoms with E-state index in [0.29, 0.717) is 12.5 Å². The van der Waals surface area contributed by atoms with Crippen LogP contribution in [0.4, 0.5) is 11.4 Å². The van der Waals surface area contributed by atoms with Gasteiger partial charge in [0.1, 0.15) is 0 Å². The van der Waals surface area contributed by atoms with Gasteiger partial charge in [-0.05, 0) is 31.0 Å². The highest BCUT2D eigenvalue weighted by Gasteiger charge is 2.26. The van der Waals surface area contributed by atoms with Gasteiger partial charge in [-0.15, -0.1) is 0 Å². The number of nitrogens with one attached hydrogen (secondary N) is 1. The maximum atomic E-state index is 12.7. The molecule has 0 saturated carbocycles. The minimum Gasteiger partial charge on any atom is -0.369 e. The normalized spacial score (nSPS) is 16.7. The first kappa shape index (κ1) is 21.8. The Morgan fingerprint density at radius 3 is 2.27 bits per heavy atom. The van der Waals surface area contributed by atoms with E-state index in [1.807, 2.05) is 25.1 Å². The number of nitrogens with zero attached hydrogens (tertiary/aromatic N) is 3. The van der Waals surface area contributed by atoms with E-state index in [-0.39, 0.29) is 22.6 Å². The molecule has 160 valence electrons. The van der Waals surface area contributed by atoms with Crippen LogP contribution in [-0.4, -0.2) is 54.5 Å². The van der Waals surface area contributed by atoms with Crippen molar-refractivity contribution in [2.45, 2.75) is 32.2 Å². The van der Waals surface area contributed by atoms with Gasteiger partial charge in [-0.1, -0.05) is 37.3 Å². The zero-order chi connectivity index (χ0) is 21.5. The molecule has 1 saturated heterocycles. The zero-order valence-corrected chi connectivity index (χ0v) is 17.7. The topological polar surface area (TPSA) is 78.7 Å². The molecule has 0 spiro atoms. The number of nitro benzene ring substituents is 1. The molecule has 1 fully saturated rings. The van der Waals surface area contributed by atoms with Crippen molar-refractivity contribution in [2.75, 3.05) is 37.6 Å². The number of carbonyl (C=O) groups excluding carboxylic acids is 1. The van der Waals surface area contributed by atoms with Crippen LogP contribution in [0.3, 0.4) is 0 Å². The van der Waals surface area contributed by atoms with Crippen molar-refractivity contribution >= 4 is 17.3 Å². The Kier molecular flexibility index (Phi) is 7.41. The number of anilines is 1. The summed E-state index contributed by atoms with van der Waals surface area (Å²) in [6, 6.07) is 16.8. The predicted molar refractivity (Wildman–Crippen MR) is 119 cm³/mol. The van der Waals surface area contributed by atoms with Crippen LogP contribution in [0.1, 0.15) is 31.7 Å². The second kappa shape index (κ2) is 10.2. The average Bonchev–Trinajstić information content (AvgIpc) is 2.79. The number of amides is 1. The molecule has 0 bridgehead atoms. The SMILES string of the molecule is CC[C@@H](CNC(=O)[C@H](C)N1CCN(c2ccc([N+](=O)[O-])cc2)CC1)c1ccccc1. The molecule has 1 amide bonds. The first-order chi connectivity index (χ1) is 14.5. The Morgan fingerprint density at radius 2 is 1.70 bits per heavy atom. The Balaban J connectivity index is 1.48. The Bertz CT molecular complexity index is 833. The van der Waals surface area contributed by atoms with Crippen molar-refractivity contribution in [1.29, 1.82) is 0 Å². The minimum atomic E-state index is -0.386. The lowest BCUT2D eigenvalue weighted by molar-refractivity contribution is -0.384. The number of benzene rings is 2. The summed E-state index contributed by atoms with van der Waals surface area (Å²) in [5, 5.41) is 13.9. The summed E-state index contributed by atoms with van der Waals surface area (Å²) in [7, 11) is 0. The molecule has 0 aromatic heterocycles.